The number of hydrogen-bond donors (Lipinski definition) is 0. The molecule has 3 aromatic rings. The second kappa shape index (κ2) is 4.42. The minimum Gasteiger partial charge on any atom is -0.322 e. The predicted octanol–water partition coefficient (Wildman–Crippen LogP) is 3.44. The van der Waals surface area contributed by atoms with Crippen molar-refractivity contribution < 1.29 is 0 Å². The lowest BCUT2D eigenvalue weighted by Gasteiger charge is -2.06. The number of aryl methyl sites for hydroxylation is 1. The second-order valence-electron chi connectivity index (χ2n) is 4.19. The van der Waals surface area contributed by atoms with Crippen LogP contribution in [-0.4, -0.2) is 14.5 Å². The van der Waals surface area contributed by atoms with Gasteiger partial charge in [0.05, 0.1) is 23.3 Å². The predicted molar refractivity (Wildman–Crippen MR) is 72.8 cm³/mol. The average Bonchev–Trinajstić information content (AvgIpc) is 2.66. The molecule has 0 amide bonds. The Morgan fingerprint density at radius 3 is 2.72 bits per heavy atom. The van der Waals surface area contributed by atoms with E-state index < -0.39 is 0 Å². The summed E-state index contributed by atoms with van der Waals surface area (Å²) in [4.78, 5) is 8.85. The van der Waals surface area contributed by atoms with E-state index in [0.717, 1.165) is 22.6 Å². The van der Waals surface area contributed by atoms with Gasteiger partial charge in [0.15, 0.2) is 0 Å². The Labute approximate surface area is 110 Å². The molecule has 0 atom stereocenters. The highest BCUT2D eigenvalue weighted by atomic mass is 35.5. The molecular formula is C14H12ClN3. The van der Waals surface area contributed by atoms with Gasteiger partial charge in [0.1, 0.15) is 11.0 Å². The third-order valence-corrected chi connectivity index (χ3v) is 3.15. The van der Waals surface area contributed by atoms with Gasteiger partial charge in [0.2, 0.25) is 0 Å². The Kier molecular flexibility index (Phi) is 2.76. The molecule has 0 aliphatic heterocycles. The van der Waals surface area contributed by atoms with Gasteiger partial charge in [-0.2, -0.15) is 0 Å². The minimum absolute atomic E-state index is 0.523. The molecule has 2 heterocycles. The SMILES string of the molecule is Cc1nc2ccccc2n1Cc1cccc(Cl)n1. The van der Waals surface area contributed by atoms with E-state index in [-0.39, 0.29) is 0 Å². The summed E-state index contributed by atoms with van der Waals surface area (Å²) in [6.45, 7) is 2.69. The molecule has 1 aromatic carbocycles. The summed E-state index contributed by atoms with van der Waals surface area (Å²) in [7, 11) is 0. The Bertz CT molecular complexity index is 703. The van der Waals surface area contributed by atoms with Crippen molar-refractivity contribution >= 4 is 22.6 Å². The monoisotopic (exact) mass is 257 g/mol. The van der Waals surface area contributed by atoms with Crippen molar-refractivity contribution in [1.29, 1.82) is 0 Å². The van der Waals surface area contributed by atoms with Crippen molar-refractivity contribution in [2.45, 2.75) is 13.5 Å². The van der Waals surface area contributed by atoms with Crippen molar-refractivity contribution in [1.82, 2.24) is 14.5 Å². The van der Waals surface area contributed by atoms with Crippen LogP contribution in [0, 0.1) is 6.92 Å². The molecule has 0 saturated heterocycles. The van der Waals surface area contributed by atoms with E-state index in [1.807, 2.05) is 37.3 Å². The highest BCUT2D eigenvalue weighted by molar-refractivity contribution is 6.29. The maximum absolute atomic E-state index is 5.91. The van der Waals surface area contributed by atoms with Crippen molar-refractivity contribution in [2.75, 3.05) is 0 Å². The summed E-state index contributed by atoms with van der Waals surface area (Å²) in [5.41, 5.74) is 3.07. The number of halogens is 1. The van der Waals surface area contributed by atoms with Gasteiger partial charge in [-0.05, 0) is 31.2 Å². The second-order valence-corrected chi connectivity index (χ2v) is 4.57. The first-order valence-corrected chi connectivity index (χ1v) is 6.15. The number of imidazole rings is 1. The van der Waals surface area contributed by atoms with Crippen LogP contribution < -0.4 is 0 Å². The molecule has 0 unspecified atom stereocenters. The van der Waals surface area contributed by atoms with Crippen LogP contribution in [0.1, 0.15) is 11.5 Å². The lowest BCUT2D eigenvalue weighted by molar-refractivity contribution is 0.764. The van der Waals surface area contributed by atoms with Gasteiger partial charge in [-0.1, -0.05) is 29.8 Å². The molecule has 0 bridgehead atoms. The van der Waals surface area contributed by atoms with E-state index in [0.29, 0.717) is 11.7 Å². The number of fused-ring (bicyclic) bond motifs is 1. The summed E-state index contributed by atoms with van der Waals surface area (Å²) in [6, 6.07) is 13.8. The van der Waals surface area contributed by atoms with E-state index in [1.165, 1.54) is 0 Å². The first-order valence-electron chi connectivity index (χ1n) is 5.77. The molecular weight excluding hydrogens is 246 g/mol. The molecule has 3 nitrogen and oxygen atoms in total. The van der Waals surface area contributed by atoms with Crippen LogP contribution in [0.15, 0.2) is 42.5 Å². The number of nitrogens with zero attached hydrogens (tertiary/aromatic N) is 3. The zero-order valence-corrected chi connectivity index (χ0v) is 10.7. The van der Waals surface area contributed by atoms with Crippen molar-refractivity contribution in [3.05, 3.63) is 59.1 Å². The van der Waals surface area contributed by atoms with Gasteiger partial charge in [0, 0.05) is 0 Å². The van der Waals surface area contributed by atoms with Crippen LogP contribution >= 0.6 is 11.6 Å². The Balaban J connectivity index is 2.07. The fourth-order valence-electron chi connectivity index (χ4n) is 2.10. The molecule has 90 valence electrons. The maximum atomic E-state index is 5.91. The van der Waals surface area contributed by atoms with E-state index in [1.54, 1.807) is 6.07 Å². The number of pyridine rings is 1. The van der Waals surface area contributed by atoms with Crippen LogP contribution in [0.3, 0.4) is 0 Å². The molecule has 0 aliphatic carbocycles. The zero-order valence-electron chi connectivity index (χ0n) is 9.97. The lowest BCUT2D eigenvalue weighted by atomic mass is 10.3. The van der Waals surface area contributed by atoms with Gasteiger partial charge in [-0.3, -0.25) is 0 Å². The molecule has 18 heavy (non-hydrogen) atoms. The van der Waals surface area contributed by atoms with Gasteiger partial charge in [0.25, 0.3) is 0 Å². The van der Waals surface area contributed by atoms with Crippen molar-refractivity contribution in [3.8, 4) is 0 Å². The van der Waals surface area contributed by atoms with Crippen LogP contribution in [0.4, 0.5) is 0 Å². The highest BCUT2D eigenvalue weighted by Gasteiger charge is 2.07. The number of hydrogen-bond acceptors (Lipinski definition) is 2. The van der Waals surface area contributed by atoms with E-state index in [9.17, 15) is 0 Å². The number of para-hydroxylation sites is 2. The average molecular weight is 258 g/mol. The molecule has 4 heteroatoms. The molecule has 2 aromatic heterocycles. The quantitative estimate of drug-likeness (QED) is 0.659. The summed E-state index contributed by atoms with van der Waals surface area (Å²) in [5, 5.41) is 0.523. The summed E-state index contributed by atoms with van der Waals surface area (Å²) >= 11 is 5.91. The summed E-state index contributed by atoms with van der Waals surface area (Å²) < 4.78 is 2.15. The van der Waals surface area contributed by atoms with Crippen molar-refractivity contribution in [2.24, 2.45) is 0 Å². The van der Waals surface area contributed by atoms with Gasteiger partial charge in [-0.15, -0.1) is 0 Å². The summed E-state index contributed by atoms with van der Waals surface area (Å²) in [5.74, 6) is 0.984. The van der Waals surface area contributed by atoms with E-state index >= 15 is 0 Å². The fraction of sp³-hybridized carbons (Fsp3) is 0.143. The summed E-state index contributed by atoms with van der Waals surface area (Å²) in [6.07, 6.45) is 0. The van der Waals surface area contributed by atoms with Crippen LogP contribution in [0.25, 0.3) is 11.0 Å². The van der Waals surface area contributed by atoms with Gasteiger partial charge in [-0.25, -0.2) is 9.97 Å². The zero-order chi connectivity index (χ0) is 12.5. The minimum atomic E-state index is 0.523. The van der Waals surface area contributed by atoms with Crippen molar-refractivity contribution in [3.63, 3.8) is 0 Å². The third-order valence-electron chi connectivity index (χ3n) is 2.94. The number of aromatic nitrogens is 3. The highest BCUT2D eigenvalue weighted by Crippen LogP contribution is 2.17. The number of rotatable bonds is 2. The molecule has 3 rings (SSSR count). The van der Waals surface area contributed by atoms with Gasteiger partial charge >= 0.3 is 0 Å². The first-order chi connectivity index (χ1) is 8.74. The molecule has 0 aliphatic rings. The van der Waals surface area contributed by atoms with Crippen LogP contribution in [0.5, 0.6) is 0 Å². The van der Waals surface area contributed by atoms with Gasteiger partial charge < -0.3 is 4.57 Å². The third kappa shape index (κ3) is 1.97. The fourth-order valence-corrected chi connectivity index (χ4v) is 2.28. The Hall–Kier alpha value is -1.87. The molecule has 0 saturated carbocycles. The molecule has 0 fully saturated rings. The Morgan fingerprint density at radius 2 is 1.89 bits per heavy atom. The largest absolute Gasteiger partial charge is 0.322 e. The smallest absolute Gasteiger partial charge is 0.129 e. The normalized spacial score (nSPS) is 11.0. The van der Waals surface area contributed by atoms with E-state index in [2.05, 4.69) is 20.6 Å². The molecule has 0 radical (unpaired) electrons. The molecule has 0 spiro atoms. The number of benzene rings is 1. The topological polar surface area (TPSA) is 30.7 Å². The van der Waals surface area contributed by atoms with Crippen LogP contribution in [0.2, 0.25) is 5.15 Å². The lowest BCUT2D eigenvalue weighted by Crippen LogP contribution is -2.03. The Morgan fingerprint density at radius 1 is 1.06 bits per heavy atom. The van der Waals surface area contributed by atoms with E-state index in [4.69, 9.17) is 11.6 Å². The maximum Gasteiger partial charge on any atom is 0.129 e. The first kappa shape index (κ1) is 11.2. The standard InChI is InChI=1S/C14H12ClN3/c1-10-16-12-6-2-3-7-13(12)18(10)9-11-5-4-8-14(15)17-11/h2-8H,9H2,1H3. The molecule has 0 N–H and O–H groups in total. The van der Waals surface area contributed by atoms with Crippen LogP contribution in [-0.2, 0) is 6.54 Å².